The fraction of sp³-hybridized carbons (Fsp3) is 0.750. The maximum absolute atomic E-state index is 13.4. The van der Waals surface area contributed by atoms with E-state index >= 15 is 0 Å². The molecule has 0 bridgehead atoms. The van der Waals surface area contributed by atoms with Crippen LogP contribution in [-0.4, -0.2) is 5.78 Å². The molecule has 0 spiro atoms. The first-order chi connectivity index (χ1) is 13.7. The van der Waals surface area contributed by atoms with E-state index in [0.717, 1.165) is 18.3 Å². The number of hydrogen-bond donors (Lipinski definition) is 0. The fourth-order valence-corrected chi connectivity index (χ4v) is 7.09. The molecule has 0 radical (unpaired) electrons. The lowest BCUT2D eigenvalue weighted by Crippen LogP contribution is -2.37. The van der Waals surface area contributed by atoms with Gasteiger partial charge in [-0.1, -0.05) is 53.5 Å². The van der Waals surface area contributed by atoms with Gasteiger partial charge in [0.15, 0.2) is 0 Å². The Labute approximate surface area is 179 Å². The second kappa shape index (κ2) is 7.86. The number of rotatable bonds is 5. The first kappa shape index (κ1) is 21.1. The highest BCUT2D eigenvalue weighted by molar-refractivity contribution is 5.90. The Morgan fingerprint density at radius 2 is 1.76 bits per heavy atom. The molecule has 4 rings (SSSR count). The number of carbonyl (C=O) groups is 1. The molecule has 1 fully saturated rings. The average Bonchev–Trinajstić information content (AvgIpc) is 2.97. The van der Waals surface area contributed by atoms with E-state index in [4.69, 9.17) is 0 Å². The van der Waals surface area contributed by atoms with Crippen LogP contribution < -0.4 is 0 Å². The molecule has 0 amide bonds. The van der Waals surface area contributed by atoms with E-state index in [0.29, 0.717) is 17.6 Å². The third-order valence-corrected chi connectivity index (χ3v) is 9.47. The Bertz CT molecular complexity index is 788. The van der Waals surface area contributed by atoms with Crippen molar-refractivity contribution in [2.45, 2.75) is 105 Å². The Morgan fingerprint density at radius 3 is 2.48 bits per heavy atom. The number of aryl methyl sites for hydroxylation is 1. The maximum Gasteiger partial charge on any atom is 0.141 e. The van der Waals surface area contributed by atoms with Crippen molar-refractivity contribution in [2.24, 2.45) is 29.1 Å². The van der Waals surface area contributed by atoms with Crippen LogP contribution in [0.5, 0.6) is 0 Å². The summed E-state index contributed by atoms with van der Waals surface area (Å²) >= 11 is 0. The second-order valence-corrected chi connectivity index (χ2v) is 11.4. The molecule has 160 valence electrons. The SMILES string of the molecule is Cc1c2c(cc3c1CCC1(C)C3C(=O)CC1C(C)CCC(C)C(C)C)CCCC2. The van der Waals surface area contributed by atoms with Gasteiger partial charge in [0.1, 0.15) is 5.78 Å². The van der Waals surface area contributed by atoms with Crippen molar-refractivity contribution >= 4 is 5.78 Å². The monoisotopic (exact) mass is 394 g/mol. The normalized spacial score (nSPS) is 30.7. The van der Waals surface area contributed by atoms with E-state index in [2.05, 4.69) is 47.6 Å². The summed E-state index contributed by atoms with van der Waals surface area (Å²) in [5.74, 6) is 3.44. The third kappa shape index (κ3) is 3.51. The summed E-state index contributed by atoms with van der Waals surface area (Å²) in [6, 6.07) is 2.49. The van der Waals surface area contributed by atoms with Gasteiger partial charge in [-0.25, -0.2) is 0 Å². The van der Waals surface area contributed by atoms with Crippen LogP contribution in [0.15, 0.2) is 6.07 Å². The predicted octanol–water partition coefficient (Wildman–Crippen LogP) is 7.21. The molecule has 1 aromatic carbocycles. The molecular weight excluding hydrogens is 352 g/mol. The molecule has 0 aliphatic heterocycles. The zero-order valence-corrected chi connectivity index (χ0v) is 19.7. The molecule has 0 N–H and O–H groups in total. The molecule has 3 aliphatic carbocycles. The standard InChI is InChI=1S/C28H42O/c1-17(2)18(3)11-12-19(4)25-16-26(29)27-24-15-21-9-7-8-10-22(21)20(5)23(24)13-14-28(25,27)6/h15,17-19,25,27H,7-14,16H2,1-6H3. The molecule has 1 heteroatoms. The summed E-state index contributed by atoms with van der Waals surface area (Å²) in [5, 5.41) is 0. The van der Waals surface area contributed by atoms with Crippen LogP contribution in [0.4, 0.5) is 0 Å². The first-order valence-corrected chi connectivity index (χ1v) is 12.4. The van der Waals surface area contributed by atoms with Crippen LogP contribution in [0.3, 0.4) is 0 Å². The third-order valence-electron chi connectivity index (χ3n) is 9.47. The van der Waals surface area contributed by atoms with E-state index in [1.165, 1.54) is 62.5 Å². The Morgan fingerprint density at radius 1 is 1.03 bits per heavy atom. The predicted molar refractivity (Wildman–Crippen MR) is 123 cm³/mol. The maximum atomic E-state index is 13.4. The molecule has 0 heterocycles. The lowest BCUT2D eigenvalue weighted by Gasteiger charge is -2.44. The minimum absolute atomic E-state index is 0.159. The van der Waals surface area contributed by atoms with Gasteiger partial charge in [-0.3, -0.25) is 4.79 Å². The van der Waals surface area contributed by atoms with E-state index in [1.54, 1.807) is 16.7 Å². The molecule has 0 saturated heterocycles. The highest BCUT2D eigenvalue weighted by Crippen LogP contribution is 2.60. The van der Waals surface area contributed by atoms with Crippen LogP contribution >= 0.6 is 0 Å². The van der Waals surface area contributed by atoms with Gasteiger partial charge < -0.3 is 0 Å². The highest BCUT2D eigenvalue weighted by atomic mass is 16.1. The molecule has 0 aromatic heterocycles. The molecule has 5 atom stereocenters. The lowest BCUT2D eigenvalue weighted by molar-refractivity contribution is -0.119. The Balaban J connectivity index is 1.63. The zero-order valence-electron chi connectivity index (χ0n) is 19.7. The van der Waals surface area contributed by atoms with E-state index in [1.807, 2.05) is 0 Å². The minimum Gasteiger partial charge on any atom is -0.299 e. The largest absolute Gasteiger partial charge is 0.299 e. The summed E-state index contributed by atoms with van der Waals surface area (Å²) in [6.45, 7) is 14.3. The zero-order chi connectivity index (χ0) is 20.9. The van der Waals surface area contributed by atoms with Crippen molar-refractivity contribution in [1.29, 1.82) is 0 Å². The van der Waals surface area contributed by atoms with Gasteiger partial charge in [0, 0.05) is 12.3 Å². The van der Waals surface area contributed by atoms with Crippen LogP contribution in [0.1, 0.15) is 107 Å². The van der Waals surface area contributed by atoms with Crippen molar-refractivity contribution in [2.75, 3.05) is 0 Å². The molecule has 1 aromatic rings. The van der Waals surface area contributed by atoms with E-state index < -0.39 is 0 Å². The second-order valence-electron chi connectivity index (χ2n) is 11.4. The van der Waals surface area contributed by atoms with Crippen molar-refractivity contribution in [1.82, 2.24) is 0 Å². The number of carbonyl (C=O) groups excluding carboxylic acids is 1. The average molecular weight is 395 g/mol. The molecule has 5 unspecified atom stereocenters. The van der Waals surface area contributed by atoms with Gasteiger partial charge in [0.05, 0.1) is 0 Å². The van der Waals surface area contributed by atoms with Crippen LogP contribution in [0, 0.1) is 36.0 Å². The molecule has 1 nitrogen and oxygen atoms in total. The summed E-state index contributed by atoms with van der Waals surface area (Å²) < 4.78 is 0. The number of Topliss-reactive ketones (excluding diaryl/α,β-unsaturated/α-hetero) is 1. The van der Waals surface area contributed by atoms with E-state index in [-0.39, 0.29) is 11.3 Å². The van der Waals surface area contributed by atoms with Gasteiger partial charge in [-0.2, -0.15) is 0 Å². The van der Waals surface area contributed by atoms with Crippen LogP contribution in [0.2, 0.25) is 0 Å². The Hall–Kier alpha value is -1.11. The van der Waals surface area contributed by atoms with Gasteiger partial charge >= 0.3 is 0 Å². The van der Waals surface area contributed by atoms with Gasteiger partial charge in [0.25, 0.3) is 0 Å². The Kier molecular flexibility index (Phi) is 5.73. The molecule has 29 heavy (non-hydrogen) atoms. The summed E-state index contributed by atoms with van der Waals surface area (Å²) in [7, 11) is 0. The number of benzene rings is 1. The van der Waals surface area contributed by atoms with Crippen molar-refractivity contribution in [3.63, 3.8) is 0 Å². The topological polar surface area (TPSA) is 17.1 Å². The highest BCUT2D eigenvalue weighted by Gasteiger charge is 2.55. The van der Waals surface area contributed by atoms with Crippen LogP contribution in [-0.2, 0) is 24.1 Å². The number of fused-ring (bicyclic) bond motifs is 4. The molecule has 1 saturated carbocycles. The fourth-order valence-electron chi connectivity index (χ4n) is 7.09. The van der Waals surface area contributed by atoms with E-state index in [9.17, 15) is 4.79 Å². The van der Waals surface area contributed by atoms with Gasteiger partial charge in [-0.15, -0.1) is 0 Å². The summed E-state index contributed by atoms with van der Waals surface area (Å²) in [5.41, 5.74) is 7.87. The molecular formula is C28H42O. The smallest absolute Gasteiger partial charge is 0.141 e. The van der Waals surface area contributed by atoms with Crippen LogP contribution in [0.25, 0.3) is 0 Å². The summed E-state index contributed by atoms with van der Waals surface area (Å²) in [4.78, 5) is 13.4. The van der Waals surface area contributed by atoms with Crippen molar-refractivity contribution < 1.29 is 4.79 Å². The van der Waals surface area contributed by atoms with Crippen molar-refractivity contribution in [3.8, 4) is 0 Å². The minimum atomic E-state index is 0.159. The first-order valence-electron chi connectivity index (χ1n) is 12.4. The van der Waals surface area contributed by atoms with Gasteiger partial charge in [-0.05, 0) is 102 Å². The summed E-state index contributed by atoms with van der Waals surface area (Å²) in [6.07, 6.45) is 10.9. The molecule has 3 aliphatic rings. The van der Waals surface area contributed by atoms with Gasteiger partial charge in [0.2, 0.25) is 0 Å². The quantitative estimate of drug-likeness (QED) is 0.516. The number of ketones is 1. The number of hydrogen-bond acceptors (Lipinski definition) is 1. The lowest BCUT2D eigenvalue weighted by atomic mass is 9.59. The van der Waals surface area contributed by atoms with Crippen molar-refractivity contribution in [3.05, 3.63) is 33.9 Å².